The second kappa shape index (κ2) is 5.84. The number of esters is 1. The van der Waals surface area contributed by atoms with E-state index in [4.69, 9.17) is 4.74 Å². The SMILES string of the molecule is Cc1cc(-c2ccc(OC(=O)C(C)(C)C)c(C)c2)ccc1O. The van der Waals surface area contributed by atoms with Crippen molar-refractivity contribution in [2.24, 2.45) is 5.41 Å². The van der Waals surface area contributed by atoms with E-state index in [1.165, 1.54) is 0 Å². The third-order valence-corrected chi connectivity index (χ3v) is 3.52. The molecule has 116 valence electrons. The molecule has 0 aromatic heterocycles. The van der Waals surface area contributed by atoms with Crippen molar-refractivity contribution in [3.8, 4) is 22.6 Å². The molecule has 22 heavy (non-hydrogen) atoms. The van der Waals surface area contributed by atoms with Crippen molar-refractivity contribution in [2.45, 2.75) is 34.6 Å². The Hall–Kier alpha value is -2.29. The molecule has 3 nitrogen and oxygen atoms in total. The number of ether oxygens (including phenoxy) is 1. The van der Waals surface area contributed by atoms with E-state index in [0.717, 1.165) is 22.3 Å². The minimum absolute atomic E-state index is 0.246. The van der Waals surface area contributed by atoms with Crippen LogP contribution >= 0.6 is 0 Å². The van der Waals surface area contributed by atoms with Crippen molar-refractivity contribution < 1.29 is 14.6 Å². The van der Waals surface area contributed by atoms with Crippen LogP contribution < -0.4 is 4.74 Å². The van der Waals surface area contributed by atoms with Crippen LogP contribution in [-0.2, 0) is 4.79 Å². The lowest BCUT2D eigenvalue weighted by molar-refractivity contribution is -0.143. The maximum atomic E-state index is 12.0. The zero-order chi connectivity index (χ0) is 16.5. The van der Waals surface area contributed by atoms with Crippen LogP contribution in [0.15, 0.2) is 36.4 Å². The number of phenols is 1. The predicted octanol–water partition coefficient (Wildman–Crippen LogP) is 4.63. The van der Waals surface area contributed by atoms with E-state index in [0.29, 0.717) is 5.75 Å². The predicted molar refractivity (Wildman–Crippen MR) is 88.1 cm³/mol. The molecule has 0 amide bonds. The molecule has 0 heterocycles. The van der Waals surface area contributed by atoms with Crippen LogP contribution in [0, 0.1) is 19.3 Å². The summed E-state index contributed by atoms with van der Waals surface area (Å²) in [7, 11) is 0. The summed E-state index contributed by atoms with van der Waals surface area (Å²) in [6.45, 7) is 9.28. The fourth-order valence-electron chi connectivity index (χ4n) is 2.03. The van der Waals surface area contributed by atoms with Crippen molar-refractivity contribution in [2.75, 3.05) is 0 Å². The van der Waals surface area contributed by atoms with E-state index >= 15 is 0 Å². The molecule has 0 atom stereocenters. The highest BCUT2D eigenvalue weighted by atomic mass is 16.5. The Morgan fingerprint density at radius 3 is 2.00 bits per heavy atom. The highest BCUT2D eigenvalue weighted by Crippen LogP contribution is 2.30. The van der Waals surface area contributed by atoms with E-state index in [1.807, 2.05) is 65.0 Å². The molecule has 0 unspecified atom stereocenters. The smallest absolute Gasteiger partial charge is 0.316 e. The first kappa shape index (κ1) is 16.1. The number of rotatable bonds is 2. The third kappa shape index (κ3) is 3.48. The van der Waals surface area contributed by atoms with Gasteiger partial charge < -0.3 is 9.84 Å². The van der Waals surface area contributed by atoms with Crippen molar-refractivity contribution in [1.29, 1.82) is 0 Å². The summed E-state index contributed by atoms with van der Waals surface area (Å²) in [6.07, 6.45) is 0. The minimum atomic E-state index is -0.529. The van der Waals surface area contributed by atoms with Gasteiger partial charge in [-0.3, -0.25) is 4.79 Å². The second-order valence-corrected chi connectivity index (χ2v) is 6.62. The molecule has 2 aromatic carbocycles. The summed E-state index contributed by atoms with van der Waals surface area (Å²) < 4.78 is 5.46. The maximum Gasteiger partial charge on any atom is 0.316 e. The highest BCUT2D eigenvalue weighted by Gasteiger charge is 2.24. The van der Waals surface area contributed by atoms with Crippen LogP contribution in [0.1, 0.15) is 31.9 Å². The van der Waals surface area contributed by atoms with Gasteiger partial charge >= 0.3 is 5.97 Å². The van der Waals surface area contributed by atoms with Gasteiger partial charge in [0.1, 0.15) is 11.5 Å². The summed E-state index contributed by atoms with van der Waals surface area (Å²) in [5.41, 5.74) is 3.25. The Balaban J connectivity index is 2.30. The van der Waals surface area contributed by atoms with Gasteiger partial charge in [0.2, 0.25) is 0 Å². The van der Waals surface area contributed by atoms with Crippen molar-refractivity contribution in [3.05, 3.63) is 47.5 Å². The van der Waals surface area contributed by atoms with Crippen LogP contribution in [0.5, 0.6) is 11.5 Å². The van der Waals surface area contributed by atoms with E-state index in [2.05, 4.69) is 0 Å². The monoisotopic (exact) mass is 298 g/mol. The van der Waals surface area contributed by atoms with E-state index in [-0.39, 0.29) is 11.7 Å². The Morgan fingerprint density at radius 1 is 0.955 bits per heavy atom. The summed E-state index contributed by atoms with van der Waals surface area (Å²) in [5, 5.41) is 9.61. The summed E-state index contributed by atoms with van der Waals surface area (Å²) in [5.74, 6) is 0.624. The van der Waals surface area contributed by atoms with E-state index in [9.17, 15) is 9.90 Å². The number of hydrogen-bond donors (Lipinski definition) is 1. The lowest BCUT2D eigenvalue weighted by atomic mass is 9.97. The standard InChI is InChI=1S/C19H22O3/c1-12-10-14(6-8-16(12)20)15-7-9-17(13(2)11-15)22-18(21)19(3,4)5/h6-11,20H,1-5H3. The summed E-state index contributed by atoms with van der Waals surface area (Å²) >= 11 is 0. The van der Waals surface area contributed by atoms with Gasteiger partial charge in [-0.1, -0.05) is 12.1 Å². The fourth-order valence-corrected chi connectivity index (χ4v) is 2.03. The molecule has 0 bridgehead atoms. The molecule has 1 N–H and O–H groups in total. The normalized spacial score (nSPS) is 11.3. The Morgan fingerprint density at radius 2 is 1.50 bits per heavy atom. The maximum absolute atomic E-state index is 12.0. The molecule has 0 saturated heterocycles. The zero-order valence-electron chi connectivity index (χ0n) is 13.7. The van der Waals surface area contributed by atoms with E-state index in [1.54, 1.807) is 6.07 Å². The number of carbonyl (C=O) groups excluding carboxylic acids is 1. The van der Waals surface area contributed by atoms with Crippen LogP contribution in [-0.4, -0.2) is 11.1 Å². The first-order chi connectivity index (χ1) is 10.2. The lowest BCUT2D eigenvalue weighted by Gasteiger charge is -2.17. The topological polar surface area (TPSA) is 46.5 Å². The van der Waals surface area contributed by atoms with Gasteiger partial charge in [-0.05, 0) is 81.1 Å². The van der Waals surface area contributed by atoms with Crippen molar-refractivity contribution in [1.82, 2.24) is 0 Å². The molecular weight excluding hydrogens is 276 g/mol. The average molecular weight is 298 g/mol. The molecule has 0 aliphatic heterocycles. The summed E-state index contributed by atoms with van der Waals surface area (Å²) in [4.78, 5) is 12.0. The van der Waals surface area contributed by atoms with Gasteiger partial charge in [-0.15, -0.1) is 0 Å². The molecule has 2 rings (SSSR count). The zero-order valence-corrected chi connectivity index (χ0v) is 13.7. The van der Waals surface area contributed by atoms with Gasteiger partial charge in [-0.2, -0.15) is 0 Å². The third-order valence-electron chi connectivity index (χ3n) is 3.52. The molecule has 0 spiro atoms. The van der Waals surface area contributed by atoms with Gasteiger partial charge in [0.05, 0.1) is 5.41 Å². The number of aryl methyl sites for hydroxylation is 2. The van der Waals surface area contributed by atoms with Gasteiger partial charge in [0.25, 0.3) is 0 Å². The quantitative estimate of drug-likeness (QED) is 0.649. The molecule has 0 saturated carbocycles. The van der Waals surface area contributed by atoms with Gasteiger partial charge in [-0.25, -0.2) is 0 Å². The molecule has 0 radical (unpaired) electrons. The number of aromatic hydroxyl groups is 1. The number of hydrogen-bond acceptors (Lipinski definition) is 3. The van der Waals surface area contributed by atoms with Crippen LogP contribution in [0.2, 0.25) is 0 Å². The first-order valence-corrected chi connectivity index (χ1v) is 7.31. The first-order valence-electron chi connectivity index (χ1n) is 7.31. The molecule has 0 aliphatic carbocycles. The van der Waals surface area contributed by atoms with Crippen LogP contribution in [0.3, 0.4) is 0 Å². The molecule has 2 aromatic rings. The van der Waals surface area contributed by atoms with Crippen molar-refractivity contribution in [3.63, 3.8) is 0 Å². The second-order valence-electron chi connectivity index (χ2n) is 6.62. The highest BCUT2D eigenvalue weighted by molar-refractivity contribution is 5.78. The number of carbonyl (C=O) groups is 1. The Labute approximate surface area is 131 Å². The number of phenolic OH excluding ortho intramolecular Hbond substituents is 1. The Bertz CT molecular complexity index is 709. The van der Waals surface area contributed by atoms with Crippen LogP contribution in [0.4, 0.5) is 0 Å². The van der Waals surface area contributed by atoms with E-state index < -0.39 is 5.41 Å². The van der Waals surface area contributed by atoms with Crippen LogP contribution in [0.25, 0.3) is 11.1 Å². The van der Waals surface area contributed by atoms with Gasteiger partial charge in [0, 0.05) is 0 Å². The molecular formula is C19H22O3. The van der Waals surface area contributed by atoms with Crippen molar-refractivity contribution >= 4 is 5.97 Å². The average Bonchev–Trinajstić information content (AvgIpc) is 2.43. The largest absolute Gasteiger partial charge is 0.508 e. The fraction of sp³-hybridized carbons (Fsp3) is 0.316. The lowest BCUT2D eigenvalue weighted by Crippen LogP contribution is -2.25. The molecule has 0 fully saturated rings. The van der Waals surface area contributed by atoms with Gasteiger partial charge in [0.15, 0.2) is 0 Å². The minimum Gasteiger partial charge on any atom is -0.508 e. The molecule has 3 heteroatoms. The Kier molecular flexibility index (Phi) is 4.27. The summed E-state index contributed by atoms with van der Waals surface area (Å²) in [6, 6.07) is 11.2. The number of benzene rings is 2. The molecule has 0 aliphatic rings.